The zero-order valence-corrected chi connectivity index (χ0v) is 36.0. The lowest BCUT2D eigenvalue weighted by Crippen LogP contribution is -2.48. The van der Waals surface area contributed by atoms with Gasteiger partial charge in [0.05, 0.1) is 47.6 Å². The number of esters is 2. The quantitative estimate of drug-likeness (QED) is 0.0425. The summed E-state index contributed by atoms with van der Waals surface area (Å²) in [7, 11) is 0. The number of halogens is 12. The van der Waals surface area contributed by atoms with Crippen molar-refractivity contribution >= 4 is 11.9 Å². The Hall–Kier alpha value is -6.74. The Labute approximate surface area is 391 Å². The van der Waals surface area contributed by atoms with E-state index in [0.29, 0.717) is 46.5 Å². The molecular weight excluding hydrogens is 953 g/mol. The maximum atomic E-state index is 13.9. The fraction of sp³-hybridized carbons (Fsp3) is 0.240. The second-order valence-electron chi connectivity index (χ2n) is 15.8. The van der Waals surface area contributed by atoms with Crippen LogP contribution >= 0.6 is 0 Å². The Morgan fingerprint density at radius 2 is 0.614 bits per heavy atom. The van der Waals surface area contributed by atoms with Gasteiger partial charge in [-0.25, -0.2) is 9.59 Å². The minimum atomic E-state index is -5.25. The Kier molecular flexibility index (Phi) is 16.5. The first-order valence-corrected chi connectivity index (χ1v) is 20.8. The first-order chi connectivity index (χ1) is 32.9. The van der Waals surface area contributed by atoms with E-state index in [2.05, 4.69) is 0 Å². The van der Waals surface area contributed by atoms with Crippen molar-refractivity contribution in [1.82, 2.24) is 0 Å². The van der Waals surface area contributed by atoms with Crippen LogP contribution in [0, 0.1) is 0 Å². The molecule has 6 rings (SSSR count). The Bertz CT molecular complexity index is 2340. The van der Waals surface area contributed by atoms with E-state index in [1.807, 2.05) is 0 Å². The second-order valence-corrected chi connectivity index (χ2v) is 15.8. The predicted molar refractivity (Wildman–Crippen MR) is 228 cm³/mol. The fourth-order valence-electron chi connectivity index (χ4n) is 7.55. The van der Waals surface area contributed by atoms with Gasteiger partial charge in [-0.2, -0.15) is 52.7 Å². The Morgan fingerprint density at radius 3 is 0.829 bits per heavy atom. The maximum absolute atomic E-state index is 13.9. The molecule has 8 nitrogen and oxygen atoms in total. The molecule has 0 aliphatic heterocycles. The second kappa shape index (κ2) is 21.9. The number of hydrogen-bond acceptors (Lipinski definition) is 8. The topological polar surface area (TPSA) is 123 Å². The van der Waals surface area contributed by atoms with Crippen LogP contribution in [0.15, 0.2) is 158 Å². The van der Waals surface area contributed by atoms with Gasteiger partial charge in [-0.3, -0.25) is 0 Å². The van der Waals surface area contributed by atoms with Crippen LogP contribution in [0.25, 0.3) is 0 Å². The molecule has 0 spiro atoms. The molecule has 0 bridgehead atoms. The summed E-state index contributed by atoms with van der Waals surface area (Å²) in [5, 5.41) is 0. The van der Waals surface area contributed by atoms with Crippen LogP contribution in [0.1, 0.15) is 67.5 Å². The van der Waals surface area contributed by atoms with Crippen LogP contribution in [0.5, 0.6) is 0 Å². The normalized spacial score (nSPS) is 14.2. The molecule has 4 atom stereocenters. The van der Waals surface area contributed by atoms with E-state index in [1.54, 1.807) is 121 Å². The number of alkyl halides is 12. The molecule has 370 valence electrons. The van der Waals surface area contributed by atoms with Gasteiger partial charge in [-0.15, -0.1) is 0 Å². The van der Waals surface area contributed by atoms with Gasteiger partial charge in [-0.1, -0.05) is 121 Å². The van der Waals surface area contributed by atoms with E-state index in [4.69, 9.17) is 30.4 Å². The lowest BCUT2D eigenvalue weighted by atomic mass is 9.85. The highest BCUT2D eigenvalue weighted by atomic mass is 19.4. The average molecular weight is 993 g/mol. The minimum absolute atomic E-state index is 0.116. The zero-order valence-electron chi connectivity index (χ0n) is 36.0. The van der Waals surface area contributed by atoms with Crippen LogP contribution < -0.4 is 11.5 Å². The number of benzene rings is 6. The van der Waals surface area contributed by atoms with E-state index in [-0.39, 0.29) is 12.1 Å². The summed E-state index contributed by atoms with van der Waals surface area (Å²) in [4.78, 5) is 27.8. The van der Waals surface area contributed by atoms with Crippen molar-refractivity contribution in [3.8, 4) is 0 Å². The Balaban J connectivity index is 1.38. The molecule has 0 radical (unpaired) electrons. The molecule has 70 heavy (non-hydrogen) atoms. The monoisotopic (exact) mass is 992 g/mol. The highest BCUT2D eigenvalue weighted by Crippen LogP contribution is 2.39. The van der Waals surface area contributed by atoms with Gasteiger partial charge in [0.25, 0.3) is 0 Å². The average Bonchev–Trinajstić information content (AvgIpc) is 3.31. The van der Waals surface area contributed by atoms with Crippen molar-refractivity contribution < 1.29 is 81.2 Å². The van der Waals surface area contributed by atoms with Crippen LogP contribution in [0.4, 0.5) is 52.7 Å². The van der Waals surface area contributed by atoms with Gasteiger partial charge in [0.15, 0.2) is 0 Å². The summed E-state index contributed by atoms with van der Waals surface area (Å²) in [5.41, 5.74) is 7.07. The molecule has 0 fully saturated rings. The number of ether oxygens (including phenoxy) is 4. The van der Waals surface area contributed by atoms with Gasteiger partial charge in [-0.05, 0) is 69.8 Å². The largest absolute Gasteiger partial charge is 0.426 e. The van der Waals surface area contributed by atoms with Gasteiger partial charge in [0, 0.05) is 11.8 Å². The summed E-state index contributed by atoms with van der Waals surface area (Å²) >= 11 is 0. The summed E-state index contributed by atoms with van der Waals surface area (Å²) in [5.74, 6) is -5.93. The standard InChI is InChI=1S/C50H40F12N2O6/c51-47(52,53)35-21-29(22-36(25-35)48(54,55)56)27-67-45(41(63)39(31-13-5-1-6-14-31)32-15-7-2-8-16-32)69-43(65)44(66)70-46(42(64)40(33-17-9-3-10-18-33)34-19-11-4-12-20-34)68-28-30-23-37(49(57,58)59)26-38(24-30)50(60,61)62/h1-26,39-42,45-46H,27-28,63-64H2. The molecule has 0 amide bonds. The number of nitrogens with two attached hydrogens (primary N) is 2. The van der Waals surface area contributed by atoms with Gasteiger partial charge in [0.1, 0.15) is 0 Å². The van der Waals surface area contributed by atoms with Crippen molar-refractivity contribution in [3.63, 3.8) is 0 Å². The SMILES string of the molecule is NC(C(OCc1cc(C(F)(F)F)cc(C(F)(F)F)c1)OC(=O)C(=O)OC(OCc1cc(C(F)(F)F)cc(C(F)(F)F)c1)C(N)C(c1ccccc1)c1ccccc1)C(c1ccccc1)c1ccccc1. The first-order valence-electron chi connectivity index (χ1n) is 20.8. The van der Waals surface area contributed by atoms with Gasteiger partial charge >= 0.3 is 36.6 Å². The summed E-state index contributed by atoms with van der Waals surface area (Å²) < 4.78 is 188. The smallest absolute Gasteiger partial charge is 0.419 e. The molecule has 0 saturated heterocycles. The summed E-state index contributed by atoms with van der Waals surface area (Å²) in [6, 6.07) is 30.4. The molecular formula is C50H40F12N2O6. The van der Waals surface area contributed by atoms with Crippen molar-refractivity contribution in [1.29, 1.82) is 0 Å². The molecule has 4 N–H and O–H groups in total. The van der Waals surface area contributed by atoms with E-state index < -0.39 is 120 Å². The highest BCUT2D eigenvalue weighted by molar-refractivity contribution is 6.29. The number of rotatable bonds is 16. The summed E-state index contributed by atoms with van der Waals surface area (Å²) in [6.45, 7) is -2.24. The molecule has 20 heteroatoms. The minimum Gasteiger partial charge on any atom is -0.426 e. The van der Waals surface area contributed by atoms with Gasteiger partial charge in [0.2, 0.25) is 12.6 Å². The molecule has 0 saturated carbocycles. The van der Waals surface area contributed by atoms with Crippen LogP contribution in [-0.4, -0.2) is 36.6 Å². The van der Waals surface area contributed by atoms with Crippen molar-refractivity contribution in [2.24, 2.45) is 11.5 Å². The molecule has 0 aromatic heterocycles. The molecule has 0 aliphatic rings. The molecule has 4 unspecified atom stereocenters. The van der Waals surface area contributed by atoms with Crippen LogP contribution in [0.2, 0.25) is 0 Å². The number of carbonyl (C=O) groups is 2. The van der Waals surface area contributed by atoms with Crippen LogP contribution in [0.3, 0.4) is 0 Å². The molecule has 0 aliphatic carbocycles. The third-order valence-electron chi connectivity index (χ3n) is 10.8. The third kappa shape index (κ3) is 13.7. The van der Waals surface area contributed by atoms with Crippen molar-refractivity contribution in [2.45, 2.75) is 74.4 Å². The van der Waals surface area contributed by atoms with E-state index >= 15 is 0 Å². The summed E-state index contributed by atoms with van der Waals surface area (Å²) in [6.07, 6.45) is -25.4. The third-order valence-corrected chi connectivity index (χ3v) is 10.8. The first kappa shape index (κ1) is 52.6. The van der Waals surface area contributed by atoms with E-state index in [9.17, 15) is 62.3 Å². The van der Waals surface area contributed by atoms with E-state index in [1.165, 1.54) is 0 Å². The lowest BCUT2D eigenvalue weighted by molar-refractivity contribution is -0.211. The highest BCUT2D eigenvalue weighted by Gasteiger charge is 2.41. The lowest BCUT2D eigenvalue weighted by Gasteiger charge is -2.32. The molecule has 6 aromatic rings. The van der Waals surface area contributed by atoms with Gasteiger partial charge < -0.3 is 30.4 Å². The fourth-order valence-corrected chi connectivity index (χ4v) is 7.55. The zero-order chi connectivity index (χ0) is 51.0. The van der Waals surface area contributed by atoms with Crippen molar-refractivity contribution in [2.75, 3.05) is 0 Å². The molecule has 0 heterocycles. The Morgan fingerprint density at radius 1 is 0.386 bits per heavy atom. The number of hydrogen-bond donors (Lipinski definition) is 2. The van der Waals surface area contributed by atoms with E-state index in [0.717, 1.165) is 0 Å². The maximum Gasteiger partial charge on any atom is 0.419 e. The molecule has 6 aromatic carbocycles. The van der Waals surface area contributed by atoms with Crippen molar-refractivity contribution in [3.05, 3.63) is 213 Å². The predicted octanol–water partition coefficient (Wildman–Crippen LogP) is 11.6. The number of carbonyl (C=O) groups excluding carboxylic acids is 2. The van der Waals surface area contributed by atoms with Crippen LogP contribution in [-0.2, 0) is 66.5 Å².